The summed E-state index contributed by atoms with van der Waals surface area (Å²) in [6.45, 7) is 0. The van der Waals surface area contributed by atoms with E-state index in [0.717, 1.165) is 5.75 Å². The third kappa shape index (κ3) is 2.26. The van der Waals surface area contributed by atoms with Crippen LogP contribution in [0.25, 0.3) is 0 Å². The maximum atomic E-state index is 5.07. The Kier molecular flexibility index (Phi) is 3.00. The number of ether oxygens (including phenoxy) is 1. The molecule has 0 aliphatic carbocycles. The number of benzene rings is 1. The second kappa shape index (κ2) is 3.81. The van der Waals surface area contributed by atoms with Crippen LogP contribution in [0, 0.1) is 0 Å². The Bertz CT molecular complexity index is 216. The number of hydrogen-bond acceptors (Lipinski definition) is 1. The van der Waals surface area contributed by atoms with Gasteiger partial charge in [0.2, 0.25) is 0 Å². The summed E-state index contributed by atoms with van der Waals surface area (Å²) in [7, 11) is 1.70. The summed E-state index contributed by atoms with van der Waals surface area (Å²) >= 11 is -0.859. The van der Waals surface area contributed by atoms with Crippen LogP contribution in [0.3, 0.4) is 0 Å². The molecule has 1 aromatic carbocycles. The first-order chi connectivity index (χ1) is 5.24. The van der Waals surface area contributed by atoms with E-state index >= 15 is 0 Å². The van der Waals surface area contributed by atoms with Crippen LogP contribution in [0.4, 0.5) is 0 Å². The fourth-order valence-electron chi connectivity index (χ4n) is 0.924. The van der Waals surface area contributed by atoms with E-state index in [1.54, 1.807) is 7.11 Å². The van der Waals surface area contributed by atoms with Crippen LogP contribution in [-0.4, -0.2) is 21.5 Å². The predicted octanol–water partition coefficient (Wildman–Crippen LogP) is 1.66. The van der Waals surface area contributed by atoms with Crippen molar-refractivity contribution in [3.05, 3.63) is 24.3 Å². The van der Waals surface area contributed by atoms with Gasteiger partial charge < -0.3 is 0 Å². The van der Waals surface area contributed by atoms with Crippen LogP contribution in [0.15, 0.2) is 24.3 Å². The molecule has 0 saturated carbocycles. The zero-order chi connectivity index (χ0) is 8.27. The molecule has 1 nitrogen and oxygen atoms in total. The molecule has 0 unspecified atom stereocenters. The minimum absolute atomic E-state index is 0.859. The van der Waals surface area contributed by atoms with Gasteiger partial charge in [-0.05, 0) is 0 Å². The number of hydrogen-bond donors (Lipinski definition) is 0. The van der Waals surface area contributed by atoms with Gasteiger partial charge in [0.25, 0.3) is 0 Å². The van der Waals surface area contributed by atoms with Gasteiger partial charge in [-0.1, -0.05) is 0 Å². The molecule has 11 heavy (non-hydrogen) atoms. The molecule has 0 aromatic heterocycles. The van der Waals surface area contributed by atoms with Crippen LogP contribution < -0.4 is 9.13 Å². The van der Waals surface area contributed by atoms with Crippen LogP contribution in [0.2, 0.25) is 11.5 Å². The number of methoxy groups -OCH3 is 1. The van der Waals surface area contributed by atoms with Crippen molar-refractivity contribution >= 4 is 18.7 Å². The van der Waals surface area contributed by atoms with Gasteiger partial charge >= 0.3 is 72.1 Å². The molecule has 2 heteroatoms. The van der Waals surface area contributed by atoms with E-state index in [1.165, 1.54) is 4.40 Å². The van der Waals surface area contributed by atoms with Crippen LogP contribution in [0.1, 0.15) is 0 Å². The molecular weight excluding hydrogens is 197 g/mol. The average Bonchev–Trinajstić information content (AvgIpc) is 2.05. The van der Waals surface area contributed by atoms with Gasteiger partial charge in [0.05, 0.1) is 0 Å². The molecule has 0 atom stereocenters. The Balaban J connectivity index is 2.83. The second-order valence-electron chi connectivity index (χ2n) is 2.73. The maximum absolute atomic E-state index is 5.07. The average molecular weight is 210 g/mol. The quantitative estimate of drug-likeness (QED) is 0.674. The van der Waals surface area contributed by atoms with Crippen molar-refractivity contribution < 1.29 is 4.74 Å². The van der Waals surface area contributed by atoms with Crippen molar-refractivity contribution in [2.24, 2.45) is 0 Å². The molecule has 1 rings (SSSR count). The molecule has 1 radical (unpaired) electrons. The van der Waals surface area contributed by atoms with E-state index in [0.29, 0.717) is 0 Å². The summed E-state index contributed by atoms with van der Waals surface area (Å²) in [4.78, 5) is 0. The third-order valence-corrected chi connectivity index (χ3v) is 4.79. The molecule has 0 heterocycles. The zero-order valence-electron chi connectivity index (χ0n) is 7.22. The van der Waals surface area contributed by atoms with Gasteiger partial charge in [0, 0.05) is 0 Å². The summed E-state index contributed by atoms with van der Waals surface area (Å²) in [6.07, 6.45) is 0. The molecule has 0 amide bonds. The van der Waals surface area contributed by atoms with Gasteiger partial charge in [0.15, 0.2) is 0 Å². The summed E-state index contributed by atoms with van der Waals surface area (Å²) in [5.41, 5.74) is 0. The molecule has 0 bridgehead atoms. The van der Waals surface area contributed by atoms with E-state index in [1.807, 2.05) is 12.1 Å². The summed E-state index contributed by atoms with van der Waals surface area (Å²) in [5, 5.41) is 0. The Morgan fingerprint density at radius 2 is 1.64 bits per heavy atom. The van der Waals surface area contributed by atoms with Gasteiger partial charge in [-0.25, -0.2) is 0 Å². The standard InChI is InChI=1S/C9H13GeO/c1-10(2)8-4-6-9(11-3)7-5-8/h4-7H,1-3H3. The Hall–Kier alpha value is -0.437. The van der Waals surface area contributed by atoms with Crippen molar-refractivity contribution in [3.8, 4) is 5.75 Å². The molecule has 59 valence electrons. The van der Waals surface area contributed by atoms with E-state index in [-0.39, 0.29) is 0 Å². The summed E-state index contributed by atoms with van der Waals surface area (Å²) < 4.78 is 6.59. The van der Waals surface area contributed by atoms with Crippen LogP contribution in [-0.2, 0) is 0 Å². The van der Waals surface area contributed by atoms with Crippen molar-refractivity contribution in [1.29, 1.82) is 0 Å². The minimum atomic E-state index is -0.859. The van der Waals surface area contributed by atoms with Crippen molar-refractivity contribution in [2.75, 3.05) is 7.11 Å². The number of rotatable bonds is 2. The monoisotopic (exact) mass is 211 g/mol. The first-order valence-corrected chi connectivity index (χ1v) is 8.93. The summed E-state index contributed by atoms with van der Waals surface area (Å²) in [6, 6.07) is 8.42. The SMILES string of the molecule is COc1cc[c]([Ge]([CH3])[CH3])cc1. The Morgan fingerprint density at radius 3 is 2.00 bits per heavy atom. The summed E-state index contributed by atoms with van der Waals surface area (Å²) in [5.74, 6) is 5.65. The molecule has 0 N–H and O–H groups in total. The van der Waals surface area contributed by atoms with E-state index < -0.39 is 14.3 Å². The van der Waals surface area contributed by atoms with Gasteiger partial charge in [0.1, 0.15) is 0 Å². The van der Waals surface area contributed by atoms with Crippen molar-refractivity contribution in [1.82, 2.24) is 0 Å². The van der Waals surface area contributed by atoms with Crippen LogP contribution >= 0.6 is 0 Å². The molecule has 0 aliphatic heterocycles. The van der Waals surface area contributed by atoms with E-state index in [2.05, 4.69) is 23.6 Å². The Morgan fingerprint density at radius 1 is 1.09 bits per heavy atom. The topological polar surface area (TPSA) is 9.23 Å². The zero-order valence-corrected chi connectivity index (χ0v) is 9.32. The molecule has 0 saturated heterocycles. The van der Waals surface area contributed by atoms with Crippen LogP contribution in [0.5, 0.6) is 5.75 Å². The Labute approximate surface area is 72.5 Å². The first-order valence-electron chi connectivity index (χ1n) is 3.68. The van der Waals surface area contributed by atoms with Gasteiger partial charge in [-0.2, -0.15) is 0 Å². The molecule has 0 aliphatic rings. The molecular formula is C9H13GeO. The molecule has 1 aromatic rings. The normalized spacial score (nSPS) is 10.2. The van der Waals surface area contributed by atoms with E-state index in [4.69, 9.17) is 4.74 Å². The van der Waals surface area contributed by atoms with E-state index in [9.17, 15) is 0 Å². The van der Waals surface area contributed by atoms with Crippen molar-refractivity contribution in [3.63, 3.8) is 0 Å². The third-order valence-electron chi connectivity index (χ3n) is 1.67. The van der Waals surface area contributed by atoms with Crippen molar-refractivity contribution in [2.45, 2.75) is 11.5 Å². The fraction of sp³-hybridized carbons (Fsp3) is 0.333. The first kappa shape index (κ1) is 8.66. The fourth-order valence-corrected chi connectivity index (χ4v) is 2.67. The second-order valence-corrected chi connectivity index (χ2v) is 8.14. The van der Waals surface area contributed by atoms with Gasteiger partial charge in [-0.15, -0.1) is 0 Å². The van der Waals surface area contributed by atoms with Gasteiger partial charge in [-0.3, -0.25) is 0 Å². The molecule has 0 spiro atoms. The predicted molar refractivity (Wildman–Crippen MR) is 50.1 cm³/mol. The molecule has 0 fully saturated rings.